The van der Waals surface area contributed by atoms with Gasteiger partial charge >= 0.3 is 0 Å². The molecule has 0 aliphatic carbocycles. The van der Waals surface area contributed by atoms with Gasteiger partial charge in [0.2, 0.25) is 5.91 Å². The first-order valence-corrected chi connectivity index (χ1v) is 9.16. The summed E-state index contributed by atoms with van der Waals surface area (Å²) in [6.45, 7) is 0.807. The summed E-state index contributed by atoms with van der Waals surface area (Å²) in [5, 5.41) is 14.6. The molecule has 1 N–H and O–H groups in total. The topological polar surface area (TPSA) is 95.8 Å². The molecule has 0 aromatic heterocycles. The van der Waals surface area contributed by atoms with E-state index < -0.39 is 10.5 Å². The molecule has 0 bridgehead atoms. The summed E-state index contributed by atoms with van der Waals surface area (Å²) in [6.07, 6.45) is 0.476. The number of hydrogen-bond acceptors (Lipinski definition) is 5. The molecule has 2 heterocycles. The van der Waals surface area contributed by atoms with Crippen LogP contribution in [0.25, 0.3) is 0 Å². The van der Waals surface area contributed by atoms with Crippen molar-refractivity contribution in [3.05, 3.63) is 63.7 Å². The summed E-state index contributed by atoms with van der Waals surface area (Å²) in [6, 6.07) is 12.5. The first kappa shape index (κ1) is 18.4. The second-order valence-corrected chi connectivity index (χ2v) is 7.27. The van der Waals surface area contributed by atoms with E-state index >= 15 is 0 Å². The summed E-state index contributed by atoms with van der Waals surface area (Å²) in [7, 11) is 0. The van der Waals surface area contributed by atoms with Crippen LogP contribution in [0.3, 0.4) is 0 Å². The first-order chi connectivity index (χ1) is 13.4. The van der Waals surface area contributed by atoms with Gasteiger partial charge in [0.15, 0.2) is 0 Å². The number of nitrogens with zero attached hydrogens (tertiary/aromatic N) is 3. The number of anilines is 2. The van der Waals surface area contributed by atoms with Gasteiger partial charge in [-0.25, -0.2) is 0 Å². The molecular formula is C19H17ClN4O4. The normalized spacial score (nSPS) is 22.2. The fraction of sp³-hybridized carbons (Fsp3) is 0.263. The highest BCUT2D eigenvalue weighted by Crippen LogP contribution is 2.37. The van der Waals surface area contributed by atoms with Crippen LogP contribution < -0.4 is 15.1 Å². The summed E-state index contributed by atoms with van der Waals surface area (Å²) >= 11 is 5.97. The molecule has 2 amide bonds. The lowest BCUT2D eigenvalue weighted by Crippen LogP contribution is -2.70. The molecule has 28 heavy (non-hydrogen) atoms. The Balaban J connectivity index is 1.73. The van der Waals surface area contributed by atoms with Crippen molar-refractivity contribution in [1.29, 1.82) is 0 Å². The zero-order valence-electron chi connectivity index (χ0n) is 14.8. The SMILES string of the molecule is O=C1CN(c2ccc([N+](=O)[O-])cc2)C(=O)C2(CCNC2)N1c1ccc(Cl)cc1. The van der Waals surface area contributed by atoms with Crippen LogP contribution in [0.1, 0.15) is 6.42 Å². The minimum atomic E-state index is -1.04. The van der Waals surface area contributed by atoms with Crippen LogP contribution in [0.15, 0.2) is 48.5 Å². The Bertz CT molecular complexity index is 939. The van der Waals surface area contributed by atoms with Gasteiger partial charge in [-0.3, -0.25) is 24.6 Å². The highest BCUT2D eigenvalue weighted by Gasteiger charge is 2.55. The van der Waals surface area contributed by atoms with E-state index in [0.717, 1.165) is 0 Å². The lowest BCUT2D eigenvalue weighted by Gasteiger charge is -2.47. The van der Waals surface area contributed by atoms with E-state index in [-0.39, 0.29) is 24.0 Å². The molecule has 2 aromatic rings. The number of nitrogens with one attached hydrogen (secondary N) is 1. The molecule has 1 unspecified atom stereocenters. The van der Waals surface area contributed by atoms with Crippen LogP contribution in [-0.4, -0.2) is 41.9 Å². The van der Waals surface area contributed by atoms with Crippen molar-refractivity contribution in [2.24, 2.45) is 0 Å². The maximum Gasteiger partial charge on any atom is 0.269 e. The summed E-state index contributed by atoms with van der Waals surface area (Å²) in [5.41, 5.74) is -0.0226. The van der Waals surface area contributed by atoms with Gasteiger partial charge in [0.25, 0.3) is 11.6 Å². The Morgan fingerprint density at radius 1 is 1.04 bits per heavy atom. The minimum Gasteiger partial charge on any atom is -0.314 e. The van der Waals surface area contributed by atoms with E-state index in [4.69, 9.17) is 11.6 Å². The van der Waals surface area contributed by atoms with Crippen molar-refractivity contribution >= 4 is 40.5 Å². The van der Waals surface area contributed by atoms with Gasteiger partial charge in [-0.2, -0.15) is 0 Å². The monoisotopic (exact) mass is 400 g/mol. The van der Waals surface area contributed by atoms with E-state index in [1.165, 1.54) is 29.2 Å². The molecule has 144 valence electrons. The van der Waals surface area contributed by atoms with E-state index in [0.29, 0.717) is 35.9 Å². The fourth-order valence-electron chi connectivity index (χ4n) is 3.86. The van der Waals surface area contributed by atoms with Gasteiger partial charge in [0, 0.05) is 35.1 Å². The van der Waals surface area contributed by atoms with E-state index in [1.54, 1.807) is 29.2 Å². The third kappa shape index (κ3) is 2.90. The lowest BCUT2D eigenvalue weighted by molar-refractivity contribution is -0.384. The number of benzene rings is 2. The van der Waals surface area contributed by atoms with Crippen molar-refractivity contribution in [2.45, 2.75) is 12.0 Å². The minimum absolute atomic E-state index is 0.0698. The molecule has 9 heteroatoms. The van der Waals surface area contributed by atoms with E-state index in [1.807, 2.05) is 0 Å². The van der Waals surface area contributed by atoms with Crippen molar-refractivity contribution < 1.29 is 14.5 Å². The maximum atomic E-state index is 13.5. The molecule has 0 radical (unpaired) electrons. The smallest absolute Gasteiger partial charge is 0.269 e. The zero-order valence-corrected chi connectivity index (χ0v) is 15.6. The maximum absolute atomic E-state index is 13.5. The number of nitro groups is 1. The third-order valence-corrected chi connectivity index (χ3v) is 5.46. The van der Waals surface area contributed by atoms with Crippen molar-refractivity contribution in [1.82, 2.24) is 5.32 Å². The fourth-order valence-corrected chi connectivity index (χ4v) is 3.99. The first-order valence-electron chi connectivity index (χ1n) is 8.78. The predicted octanol–water partition coefficient (Wildman–Crippen LogP) is 2.36. The van der Waals surface area contributed by atoms with Crippen LogP contribution >= 0.6 is 11.6 Å². The molecule has 2 aliphatic heterocycles. The Labute approximate surface area is 165 Å². The van der Waals surface area contributed by atoms with Gasteiger partial charge in [0.1, 0.15) is 12.1 Å². The number of amides is 2. The van der Waals surface area contributed by atoms with Gasteiger partial charge < -0.3 is 10.2 Å². The van der Waals surface area contributed by atoms with E-state index in [9.17, 15) is 19.7 Å². The second-order valence-electron chi connectivity index (χ2n) is 6.83. The molecule has 2 aromatic carbocycles. The molecule has 8 nitrogen and oxygen atoms in total. The molecule has 1 atom stereocenters. The summed E-state index contributed by atoms with van der Waals surface area (Å²) in [5.74, 6) is -0.426. The number of piperazine rings is 1. The second kappa shape index (κ2) is 6.88. The number of carbonyl (C=O) groups excluding carboxylic acids is 2. The van der Waals surface area contributed by atoms with Crippen molar-refractivity contribution in [2.75, 3.05) is 29.4 Å². The number of halogens is 1. The Kier molecular flexibility index (Phi) is 4.52. The molecule has 4 rings (SSSR count). The standard InChI is InChI=1S/C19H17ClN4O4/c20-13-1-3-15(4-2-13)23-17(25)11-22(18(26)19(23)9-10-21-12-19)14-5-7-16(8-6-14)24(27)28/h1-8,21H,9-12H2. The zero-order chi connectivity index (χ0) is 19.9. The highest BCUT2D eigenvalue weighted by molar-refractivity contribution is 6.30. The summed E-state index contributed by atoms with van der Waals surface area (Å²) < 4.78 is 0. The molecule has 2 aliphatic rings. The molecule has 0 saturated carbocycles. The van der Waals surface area contributed by atoms with Crippen LogP contribution in [-0.2, 0) is 9.59 Å². The number of nitro benzene ring substituents is 1. The molecule has 2 fully saturated rings. The third-order valence-electron chi connectivity index (χ3n) is 5.20. The summed E-state index contributed by atoms with van der Waals surface area (Å²) in [4.78, 5) is 40.0. The lowest BCUT2D eigenvalue weighted by atomic mass is 9.90. The molecular weight excluding hydrogens is 384 g/mol. The quantitative estimate of drug-likeness (QED) is 0.630. The largest absolute Gasteiger partial charge is 0.314 e. The number of carbonyl (C=O) groups is 2. The van der Waals surface area contributed by atoms with Crippen LogP contribution in [0.4, 0.5) is 17.1 Å². The van der Waals surface area contributed by atoms with Gasteiger partial charge in [-0.1, -0.05) is 11.6 Å². The molecule has 2 saturated heterocycles. The number of non-ortho nitro benzene ring substituents is 1. The highest BCUT2D eigenvalue weighted by atomic mass is 35.5. The Hall–Kier alpha value is -2.97. The Morgan fingerprint density at radius 2 is 1.68 bits per heavy atom. The van der Waals surface area contributed by atoms with Crippen molar-refractivity contribution in [3.8, 4) is 0 Å². The van der Waals surface area contributed by atoms with Crippen LogP contribution in [0.2, 0.25) is 5.02 Å². The van der Waals surface area contributed by atoms with Crippen LogP contribution in [0, 0.1) is 10.1 Å². The van der Waals surface area contributed by atoms with E-state index in [2.05, 4.69) is 5.32 Å². The van der Waals surface area contributed by atoms with Gasteiger partial charge in [-0.15, -0.1) is 0 Å². The number of rotatable bonds is 3. The average molecular weight is 401 g/mol. The molecule has 1 spiro atoms. The van der Waals surface area contributed by atoms with Gasteiger partial charge in [0.05, 0.1) is 4.92 Å². The van der Waals surface area contributed by atoms with Gasteiger partial charge in [-0.05, 0) is 49.4 Å². The number of hydrogen-bond donors (Lipinski definition) is 1. The predicted molar refractivity (Wildman–Crippen MR) is 105 cm³/mol. The van der Waals surface area contributed by atoms with Crippen molar-refractivity contribution in [3.63, 3.8) is 0 Å². The van der Waals surface area contributed by atoms with Crippen LogP contribution in [0.5, 0.6) is 0 Å². The Morgan fingerprint density at radius 3 is 2.25 bits per heavy atom. The average Bonchev–Trinajstić information content (AvgIpc) is 3.17.